The number of piperidine rings is 1. The molecular weight excluding hydrogens is 528 g/mol. The van der Waals surface area contributed by atoms with Crippen LogP contribution in [0.4, 0.5) is 14.7 Å². The van der Waals surface area contributed by atoms with Gasteiger partial charge in [0.25, 0.3) is 5.91 Å². The van der Waals surface area contributed by atoms with Gasteiger partial charge in [0.15, 0.2) is 5.82 Å². The molecule has 0 unspecified atom stereocenters. The van der Waals surface area contributed by atoms with Crippen LogP contribution in [0.25, 0.3) is 11.0 Å². The van der Waals surface area contributed by atoms with Crippen LogP contribution >= 0.6 is 0 Å². The molecule has 0 atom stereocenters. The van der Waals surface area contributed by atoms with Crippen molar-refractivity contribution in [2.75, 3.05) is 31.6 Å². The molecule has 4 heterocycles. The maximum atomic E-state index is 15.3. The van der Waals surface area contributed by atoms with E-state index in [1.54, 1.807) is 20.9 Å². The first-order chi connectivity index (χ1) is 19.5. The molecule has 0 spiro atoms. The molecule has 0 bridgehead atoms. The van der Waals surface area contributed by atoms with Gasteiger partial charge in [0.1, 0.15) is 17.8 Å². The number of amides is 1. The van der Waals surface area contributed by atoms with Gasteiger partial charge in [0.05, 0.1) is 16.7 Å². The Hall–Kier alpha value is -3.99. The van der Waals surface area contributed by atoms with Gasteiger partial charge in [-0.2, -0.15) is 0 Å². The summed E-state index contributed by atoms with van der Waals surface area (Å²) in [6.07, 6.45) is 9.03. The number of halogens is 2. The van der Waals surface area contributed by atoms with Crippen LogP contribution in [0, 0.1) is 11.6 Å². The number of anilines is 1. The number of aryl methyl sites for hydroxylation is 1. The monoisotopic (exact) mass is 563 g/mol. The molecular formula is C30H35F2N7O2. The first-order valence-electron chi connectivity index (χ1n) is 13.9. The second-order valence-electron chi connectivity index (χ2n) is 11.3. The summed E-state index contributed by atoms with van der Waals surface area (Å²) in [4.78, 5) is 33.9. The van der Waals surface area contributed by atoms with Gasteiger partial charge in [0, 0.05) is 63.3 Å². The topological polar surface area (TPSA) is 100 Å². The van der Waals surface area contributed by atoms with Crippen molar-refractivity contribution < 1.29 is 18.7 Å². The lowest BCUT2D eigenvalue weighted by Gasteiger charge is -2.32. The third-order valence-corrected chi connectivity index (χ3v) is 7.51. The summed E-state index contributed by atoms with van der Waals surface area (Å²) in [6, 6.07) is 4.27. The third-order valence-electron chi connectivity index (χ3n) is 7.51. The standard InChI is InChI=1S/C30H35F2N7O2/c1-5-19-14-33-29(34-15-19)38-10-8-22(9-11-38)39-16-24(32)26-25(35-18-36-27(26)39)13-20-6-7-21(12-23(20)31)28(40)37(4)17-30(2,3)41/h6-7,12,14-16,18,22,41H,5,8-11,13,17H2,1-4H3. The molecule has 216 valence electrons. The maximum Gasteiger partial charge on any atom is 0.253 e. The summed E-state index contributed by atoms with van der Waals surface area (Å²) in [5, 5.41) is 10.3. The number of aromatic nitrogens is 5. The maximum absolute atomic E-state index is 15.3. The van der Waals surface area contributed by atoms with Crippen LogP contribution in [0.15, 0.2) is 43.1 Å². The number of likely N-dealkylation sites (N-methyl/N-ethyl adjacent to an activating group) is 1. The van der Waals surface area contributed by atoms with Gasteiger partial charge in [-0.05, 0) is 56.4 Å². The Labute approximate surface area is 237 Å². The smallest absolute Gasteiger partial charge is 0.253 e. The average Bonchev–Trinajstić information content (AvgIpc) is 3.30. The number of nitrogens with zero attached hydrogens (tertiary/aromatic N) is 7. The molecule has 9 nitrogen and oxygen atoms in total. The highest BCUT2D eigenvalue weighted by Crippen LogP contribution is 2.31. The molecule has 0 aliphatic carbocycles. The van der Waals surface area contributed by atoms with Crippen LogP contribution in [0.2, 0.25) is 0 Å². The molecule has 1 amide bonds. The van der Waals surface area contributed by atoms with Crippen molar-refractivity contribution in [3.63, 3.8) is 0 Å². The number of carbonyl (C=O) groups is 1. The zero-order chi connectivity index (χ0) is 29.3. The summed E-state index contributed by atoms with van der Waals surface area (Å²) in [7, 11) is 1.55. The quantitative estimate of drug-likeness (QED) is 0.341. The summed E-state index contributed by atoms with van der Waals surface area (Å²) in [5.74, 6) is -0.731. The second kappa shape index (κ2) is 11.5. The molecule has 1 aromatic carbocycles. The Morgan fingerprint density at radius 1 is 1.10 bits per heavy atom. The van der Waals surface area contributed by atoms with Crippen LogP contribution in [0.1, 0.15) is 66.8 Å². The minimum absolute atomic E-state index is 0.0406. The molecule has 5 rings (SSSR count). The number of benzene rings is 1. The number of fused-ring (bicyclic) bond motifs is 1. The van der Waals surface area contributed by atoms with E-state index in [1.165, 1.54) is 35.6 Å². The zero-order valence-corrected chi connectivity index (χ0v) is 23.8. The predicted molar refractivity (Wildman–Crippen MR) is 152 cm³/mol. The molecule has 1 fully saturated rings. The molecule has 1 aliphatic heterocycles. The average molecular weight is 564 g/mol. The Bertz CT molecular complexity index is 1540. The molecule has 0 radical (unpaired) electrons. The van der Waals surface area contributed by atoms with Gasteiger partial charge in [-0.25, -0.2) is 28.7 Å². The fraction of sp³-hybridized carbons (Fsp3) is 0.433. The largest absolute Gasteiger partial charge is 0.389 e. The van der Waals surface area contributed by atoms with Gasteiger partial charge < -0.3 is 19.5 Å². The van der Waals surface area contributed by atoms with E-state index in [4.69, 9.17) is 0 Å². The highest BCUT2D eigenvalue weighted by Gasteiger charge is 2.26. The van der Waals surface area contributed by atoms with E-state index in [1.807, 2.05) is 17.0 Å². The normalized spacial score (nSPS) is 14.6. The molecule has 4 aromatic rings. The third kappa shape index (κ3) is 6.19. The van der Waals surface area contributed by atoms with Gasteiger partial charge >= 0.3 is 0 Å². The highest BCUT2D eigenvalue weighted by molar-refractivity contribution is 5.94. The van der Waals surface area contributed by atoms with E-state index < -0.39 is 23.1 Å². The summed E-state index contributed by atoms with van der Waals surface area (Å²) in [5.41, 5.74) is 1.34. The van der Waals surface area contributed by atoms with E-state index in [2.05, 4.69) is 31.8 Å². The van der Waals surface area contributed by atoms with Crippen molar-refractivity contribution in [2.24, 2.45) is 0 Å². The number of hydrogen-bond donors (Lipinski definition) is 1. The molecule has 3 aromatic heterocycles. The zero-order valence-electron chi connectivity index (χ0n) is 23.8. The summed E-state index contributed by atoms with van der Waals surface area (Å²) in [6.45, 7) is 6.82. The summed E-state index contributed by atoms with van der Waals surface area (Å²) >= 11 is 0. The fourth-order valence-electron chi connectivity index (χ4n) is 5.43. The molecule has 0 saturated carbocycles. The van der Waals surface area contributed by atoms with Crippen molar-refractivity contribution in [2.45, 2.75) is 58.1 Å². The molecule has 1 N–H and O–H groups in total. The van der Waals surface area contributed by atoms with E-state index in [9.17, 15) is 9.90 Å². The minimum Gasteiger partial charge on any atom is -0.389 e. The second-order valence-corrected chi connectivity index (χ2v) is 11.3. The Morgan fingerprint density at radius 2 is 1.80 bits per heavy atom. The lowest BCUT2D eigenvalue weighted by molar-refractivity contribution is 0.0367. The minimum atomic E-state index is -1.08. The number of hydrogen-bond acceptors (Lipinski definition) is 7. The van der Waals surface area contributed by atoms with Crippen LogP contribution in [-0.2, 0) is 12.8 Å². The Morgan fingerprint density at radius 3 is 2.44 bits per heavy atom. The van der Waals surface area contributed by atoms with Gasteiger partial charge in [-0.1, -0.05) is 13.0 Å². The first kappa shape index (κ1) is 28.5. The lowest BCUT2D eigenvalue weighted by atomic mass is 10.0. The van der Waals surface area contributed by atoms with E-state index in [0.717, 1.165) is 37.9 Å². The molecule has 11 heteroatoms. The van der Waals surface area contributed by atoms with Crippen molar-refractivity contribution >= 4 is 22.9 Å². The Balaban J connectivity index is 1.32. The van der Waals surface area contributed by atoms with Gasteiger partial charge in [0.2, 0.25) is 5.95 Å². The van der Waals surface area contributed by atoms with Crippen LogP contribution in [-0.4, -0.2) is 72.7 Å². The van der Waals surface area contributed by atoms with E-state index >= 15 is 8.78 Å². The number of carbonyl (C=O) groups excluding carboxylic acids is 1. The van der Waals surface area contributed by atoms with Crippen molar-refractivity contribution in [3.8, 4) is 0 Å². The van der Waals surface area contributed by atoms with Crippen LogP contribution in [0.5, 0.6) is 0 Å². The van der Waals surface area contributed by atoms with Crippen LogP contribution < -0.4 is 4.90 Å². The predicted octanol–water partition coefficient (Wildman–Crippen LogP) is 4.34. The van der Waals surface area contributed by atoms with Gasteiger partial charge in [-0.15, -0.1) is 0 Å². The van der Waals surface area contributed by atoms with Crippen molar-refractivity contribution in [1.82, 2.24) is 29.4 Å². The van der Waals surface area contributed by atoms with E-state index in [-0.39, 0.29) is 30.0 Å². The van der Waals surface area contributed by atoms with Crippen molar-refractivity contribution in [3.05, 3.63) is 77.1 Å². The van der Waals surface area contributed by atoms with Crippen molar-refractivity contribution in [1.29, 1.82) is 0 Å². The molecule has 41 heavy (non-hydrogen) atoms. The lowest BCUT2D eigenvalue weighted by Crippen LogP contribution is -2.39. The van der Waals surface area contributed by atoms with Crippen LogP contribution in [0.3, 0.4) is 0 Å². The summed E-state index contributed by atoms with van der Waals surface area (Å²) < 4.78 is 32.3. The Kier molecular flexibility index (Phi) is 7.99. The molecule has 1 saturated heterocycles. The number of aliphatic hydroxyl groups is 1. The molecule has 1 aliphatic rings. The van der Waals surface area contributed by atoms with E-state index in [0.29, 0.717) is 22.9 Å². The first-order valence-corrected chi connectivity index (χ1v) is 13.9. The van der Waals surface area contributed by atoms with Gasteiger partial charge in [-0.3, -0.25) is 4.79 Å². The SMILES string of the molecule is CCc1cnc(N2CCC(n3cc(F)c4c(Cc5ccc(C(=O)N(C)CC(C)(C)O)cc5F)ncnc43)CC2)nc1. The number of rotatable bonds is 8. The fourth-order valence-corrected chi connectivity index (χ4v) is 5.43. The highest BCUT2D eigenvalue weighted by atomic mass is 19.1.